The first kappa shape index (κ1) is 19.9. The standard InChI is InChI=1S/C21H18N6O2S/c22-13-16(20-25-18-3-1-2-4-19(18)30-20)17-10-12-24-21(26-17)23-11-9-14-5-7-15(8-6-14)27(28)29/h1-8,10,12,16,27-28H,9,11H2,(H,23,24,26). The minimum absolute atomic E-state index is 0.264. The van der Waals surface area contributed by atoms with Crippen LogP contribution in [0.1, 0.15) is 22.2 Å². The molecule has 2 heterocycles. The van der Waals surface area contributed by atoms with Gasteiger partial charge in [-0.3, -0.25) is 0 Å². The summed E-state index contributed by atoms with van der Waals surface area (Å²) in [6.07, 6.45) is 2.32. The Kier molecular flexibility index (Phi) is 5.92. The summed E-state index contributed by atoms with van der Waals surface area (Å²) >= 11 is 1.49. The molecule has 2 aromatic carbocycles. The van der Waals surface area contributed by atoms with Gasteiger partial charge in [0.15, 0.2) is 5.69 Å². The van der Waals surface area contributed by atoms with Crippen LogP contribution in [0.2, 0.25) is 0 Å². The highest BCUT2D eigenvalue weighted by Crippen LogP contribution is 2.30. The first-order valence-corrected chi connectivity index (χ1v) is 10.1. The summed E-state index contributed by atoms with van der Waals surface area (Å²) in [4.78, 5) is 13.3. The highest BCUT2D eigenvalue weighted by atomic mass is 32.1. The number of thiazole rings is 1. The highest BCUT2D eigenvalue weighted by molar-refractivity contribution is 7.18. The van der Waals surface area contributed by atoms with E-state index in [2.05, 4.69) is 26.3 Å². The molecule has 0 fully saturated rings. The molecule has 0 aliphatic heterocycles. The van der Waals surface area contributed by atoms with Crippen molar-refractivity contribution in [3.8, 4) is 6.07 Å². The van der Waals surface area contributed by atoms with Gasteiger partial charge >= 0.3 is 0 Å². The Morgan fingerprint density at radius 2 is 1.93 bits per heavy atom. The molecule has 0 radical (unpaired) electrons. The zero-order chi connectivity index (χ0) is 20.9. The lowest BCUT2D eigenvalue weighted by molar-refractivity contribution is -0.991. The summed E-state index contributed by atoms with van der Waals surface area (Å²) in [5.74, 6) is -0.120. The maximum atomic E-state index is 10.9. The number of benzene rings is 2. The molecule has 30 heavy (non-hydrogen) atoms. The van der Waals surface area contributed by atoms with Gasteiger partial charge in [-0.15, -0.1) is 11.3 Å². The number of anilines is 1. The van der Waals surface area contributed by atoms with Crippen LogP contribution in [0.15, 0.2) is 60.8 Å². The molecule has 9 heteroatoms. The predicted molar refractivity (Wildman–Crippen MR) is 114 cm³/mol. The van der Waals surface area contributed by atoms with Gasteiger partial charge in [-0.2, -0.15) is 10.5 Å². The van der Waals surface area contributed by atoms with Gasteiger partial charge in [0.1, 0.15) is 10.9 Å². The molecule has 0 bridgehead atoms. The van der Waals surface area contributed by atoms with Crippen molar-refractivity contribution in [2.75, 3.05) is 11.9 Å². The third kappa shape index (κ3) is 4.42. The smallest absolute Gasteiger partial charge is 0.222 e. The number of nitriles is 1. The molecule has 4 aromatic rings. The number of hydrogen-bond donors (Lipinski definition) is 3. The van der Waals surface area contributed by atoms with Crippen LogP contribution in [0.25, 0.3) is 10.2 Å². The van der Waals surface area contributed by atoms with Crippen molar-refractivity contribution in [3.63, 3.8) is 0 Å². The summed E-state index contributed by atoms with van der Waals surface area (Å²) in [7, 11) is 0. The van der Waals surface area contributed by atoms with E-state index in [9.17, 15) is 10.5 Å². The van der Waals surface area contributed by atoms with Crippen LogP contribution in [0.3, 0.4) is 0 Å². The minimum atomic E-state index is -0.940. The second-order valence-corrected chi connectivity index (χ2v) is 7.63. The van der Waals surface area contributed by atoms with Crippen LogP contribution >= 0.6 is 11.3 Å². The quantitative estimate of drug-likeness (QED) is 0.394. The molecule has 0 saturated carbocycles. The Balaban J connectivity index is 1.44. The lowest BCUT2D eigenvalue weighted by Crippen LogP contribution is -2.99. The van der Waals surface area contributed by atoms with Crippen LogP contribution < -0.4 is 10.5 Å². The van der Waals surface area contributed by atoms with E-state index in [1.54, 1.807) is 36.5 Å². The number of nitrogens with one attached hydrogen (secondary N) is 2. The fourth-order valence-corrected chi connectivity index (χ4v) is 4.04. The van der Waals surface area contributed by atoms with Crippen molar-refractivity contribution >= 4 is 33.2 Å². The average molecular weight is 418 g/mol. The van der Waals surface area contributed by atoms with Gasteiger partial charge in [-0.25, -0.2) is 20.2 Å². The fourth-order valence-electron chi connectivity index (χ4n) is 3.01. The predicted octanol–water partition coefficient (Wildman–Crippen LogP) is 2.80. The number of quaternary nitrogens is 1. The summed E-state index contributed by atoms with van der Waals surface area (Å²) in [6.45, 7) is 0.578. The van der Waals surface area contributed by atoms with Crippen molar-refractivity contribution in [1.82, 2.24) is 15.0 Å². The molecule has 2 unspecified atom stereocenters. The van der Waals surface area contributed by atoms with E-state index in [0.717, 1.165) is 15.8 Å². The van der Waals surface area contributed by atoms with E-state index in [1.165, 1.54) is 11.3 Å². The van der Waals surface area contributed by atoms with Gasteiger partial charge in [0.25, 0.3) is 0 Å². The Labute approximate surface area is 176 Å². The van der Waals surface area contributed by atoms with Gasteiger partial charge in [-0.05, 0) is 30.2 Å². The molecule has 150 valence electrons. The number of aromatic nitrogens is 3. The van der Waals surface area contributed by atoms with E-state index in [-0.39, 0.29) is 5.69 Å². The highest BCUT2D eigenvalue weighted by Gasteiger charge is 2.20. The average Bonchev–Trinajstić information content (AvgIpc) is 3.19. The maximum Gasteiger partial charge on any atom is 0.222 e. The maximum absolute atomic E-state index is 10.9. The van der Waals surface area contributed by atoms with E-state index in [0.29, 0.717) is 29.6 Å². The van der Waals surface area contributed by atoms with Crippen molar-refractivity contribution in [2.45, 2.75) is 12.3 Å². The molecule has 2 aromatic heterocycles. The second-order valence-electron chi connectivity index (χ2n) is 6.57. The van der Waals surface area contributed by atoms with Crippen molar-refractivity contribution in [2.24, 2.45) is 0 Å². The third-order valence-corrected chi connectivity index (χ3v) is 5.66. The first-order valence-electron chi connectivity index (χ1n) is 9.28. The molecule has 0 amide bonds. The van der Waals surface area contributed by atoms with Gasteiger partial charge < -0.3 is 10.5 Å². The van der Waals surface area contributed by atoms with Crippen molar-refractivity contribution in [3.05, 3.63) is 82.3 Å². The molecule has 0 saturated heterocycles. The van der Waals surface area contributed by atoms with Crippen LogP contribution in [-0.4, -0.2) is 26.7 Å². The fraction of sp³-hybridized carbons (Fsp3) is 0.143. The monoisotopic (exact) mass is 418 g/mol. The second kappa shape index (κ2) is 8.94. The van der Waals surface area contributed by atoms with Crippen LogP contribution in [-0.2, 0) is 6.42 Å². The molecule has 0 spiro atoms. The van der Waals surface area contributed by atoms with Crippen LogP contribution in [0.4, 0.5) is 11.6 Å². The van der Waals surface area contributed by atoms with Gasteiger partial charge in [0.2, 0.25) is 5.95 Å². The first-order chi connectivity index (χ1) is 14.6. The largest absolute Gasteiger partial charge is 0.595 e. The molecule has 3 N–H and O–H groups in total. The molecular formula is C21H18N6O2S. The van der Waals surface area contributed by atoms with E-state index in [1.807, 2.05) is 24.3 Å². The van der Waals surface area contributed by atoms with E-state index >= 15 is 0 Å². The third-order valence-electron chi connectivity index (χ3n) is 4.56. The Bertz CT molecular complexity index is 1150. The normalized spacial score (nSPS) is 13.0. The molecule has 8 nitrogen and oxygen atoms in total. The topological polar surface area (TPSA) is 122 Å². The summed E-state index contributed by atoms with van der Waals surface area (Å²) in [5, 5.41) is 32.5. The molecule has 0 aliphatic rings. The van der Waals surface area contributed by atoms with Crippen molar-refractivity contribution in [1.29, 1.82) is 5.26 Å². The summed E-state index contributed by atoms with van der Waals surface area (Å²) < 4.78 is 1.04. The molecular weight excluding hydrogens is 400 g/mol. The minimum Gasteiger partial charge on any atom is -0.595 e. The number of fused-ring (bicyclic) bond motifs is 1. The van der Waals surface area contributed by atoms with Crippen LogP contribution in [0, 0.1) is 16.5 Å². The Morgan fingerprint density at radius 3 is 2.67 bits per heavy atom. The van der Waals surface area contributed by atoms with Gasteiger partial charge in [0.05, 0.1) is 22.0 Å². The van der Waals surface area contributed by atoms with Crippen LogP contribution in [0.5, 0.6) is 0 Å². The van der Waals surface area contributed by atoms with Gasteiger partial charge in [0, 0.05) is 24.9 Å². The van der Waals surface area contributed by atoms with Gasteiger partial charge in [-0.1, -0.05) is 24.3 Å². The molecule has 4 rings (SSSR count). The van der Waals surface area contributed by atoms with E-state index in [4.69, 9.17) is 5.21 Å². The summed E-state index contributed by atoms with van der Waals surface area (Å²) in [6, 6.07) is 18.6. The molecule has 2 atom stereocenters. The molecule has 0 aliphatic carbocycles. The lowest BCUT2D eigenvalue weighted by Gasteiger charge is -2.12. The zero-order valence-electron chi connectivity index (χ0n) is 15.8. The zero-order valence-corrected chi connectivity index (χ0v) is 16.6. The number of hydrogen-bond acceptors (Lipinski definition) is 8. The van der Waals surface area contributed by atoms with Crippen molar-refractivity contribution < 1.29 is 10.4 Å². The SMILES string of the molecule is N#CC(c1ccnc(NCCc2ccc([NH+]([O-])O)cc2)n1)c1nc2ccccc2s1. The number of rotatable bonds is 7. The van der Waals surface area contributed by atoms with E-state index < -0.39 is 11.1 Å². The number of nitrogens with zero attached hydrogens (tertiary/aromatic N) is 4. The number of para-hydroxylation sites is 1. The Morgan fingerprint density at radius 1 is 1.13 bits per heavy atom. The lowest BCUT2D eigenvalue weighted by atomic mass is 10.1. The summed E-state index contributed by atoms with van der Waals surface area (Å²) in [5.41, 5.74) is 2.74. The Hall–Kier alpha value is -3.42.